The first-order valence-corrected chi connectivity index (χ1v) is 11.2. The second kappa shape index (κ2) is 10.7. The quantitative estimate of drug-likeness (QED) is 0.366. The van der Waals surface area contributed by atoms with E-state index in [1.807, 2.05) is 0 Å². The van der Waals surface area contributed by atoms with Crippen molar-refractivity contribution < 1.29 is 51.0 Å². The van der Waals surface area contributed by atoms with Gasteiger partial charge in [0.15, 0.2) is 0 Å². The summed E-state index contributed by atoms with van der Waals surface area (Å²) in [5, 5.41) is 0. The van der Waals surface area contributed by atoms with Crippen LogP contribution in [0.25, 0.3) is 22.3 Å². The fourth-order valence-electron chi connectivity index (χ4n) is 6.17. The molecule has 0 saturated heterocycles. The van der Waals surface area contributed by atoms with Crippen LogP contribution in [-0.4, -0.2) is 0 Å². The van der Waals surface area contributed by atoms with Gasteiger partial charge in [-0.15, -0.1) is 0 Å². The number of hydrogen-bond acceptors (Lipinski definition) is 0. The maximum Gasteiger partial charge on any atom is 2.00 e. The molecule has 3 heteroatoms. The summed E-state index contributed by atoms with van der Waals surface area (Å²) >= 11 is 0. The summed E-state index contributed by atoms with van der Waals surface area (Å²) in [7, 11) is 0. The van der Waals surface area contributed by atoms with Crippen LogP contribution in [0, 0.1) is 5.92 Å². The average molecular weight is 549 g/mol. The van der Waals surface area contributed by atoms with Crippen LogP contribution in [0.4, 0.5) is 0 Å². The topological polar surface area (TPSA) is 0 Å². The molecule has 4 aromatic rings. The molecule has 4 aromatic carbocycles. The largest absolute Gasteiger partial charge is 2.00 e. The minimum atomic E-state index is 0. The average Bonchev–Trinajstić information content (AvgIpc) is 3.31. The van der Waals surface area contributed by atoms with Crippen LogP contribution in [0.3, 0.4) is 0 Å². The summed E-state index contributed by atoms with van der Waals surface area (Å²) in [6.07, 6.45) is 2.42. The van der Waals surface area contributed by atoms with Gasteiger partial charge < -0.3 is 24.8 Å². The van der Waals surface area contributed by atoms with E-state index in [1.54, 1.807) is 0 Å². The molecule has 0 fully saturated rings. The molecule has 0 saturated carbocycles. The summed E-state index contributed by atoms with van der Waals surface area (Å²) in [5.74, 6) is 1.44. The second-order valence-electron chi connectivity index (χ2n) is 8.76. The summed E-state index contributed by atoms with van der Waals surface area (Å²) in [6, 6.07) is 36.4. The molecule has 0 unspecified atom stereocenters. The number of fused-ring (bicyclic) bond motifs is 6. The molecule has 6 rings (SSSR count). The van der Waals surface area contributed by atoms with Crippen molar-refractivity contribution in [3.63, 3.8) is 0 Å². The van der Waals surface area contributed by atoms with Crippen LogP contribution in [0.1, 0.15) is 53.9 Å². The van der Waals surface area contributed by atoms with E-state index < -0.39 is 0 Å². The zero-order valence-corrected chi connectivity index (χ0v) is 22.6. The van der Waals surface area contributed by atoms with Crippen molar-refractivity contribution in [2.75, 3.05) is 0 Å². The van der Waals surface area contributed by atoms with Gasteiger partial charge >= 0.3 is 26.2 Å². The van der Waals surface area contributed by atoms with Crippen molar-refractivity contribution in [2.45, 2.75) is 31.6 Å². The third kappa shape index (κ3) is 4.07. The Morgan fingerprint density at radius 1 is 0.515 bits per heavy atom. The van der Waals surface area contributed by atoms with Crippen LogP contribution in [-0.2, 0) is 26.2 Å². The molecular formula is C30H26Cl2Zr. The van der Waals surface area contributed by atoms with E-state index in [9.17, 15) is 0 Å². The molecular weight excluding hydrogens is 522 g/mol. The Kier molecular flexibility index (Phi) is 8.44. The van der Waals surface area contributed by atoms with E-state index in [0.29, 0.717) is 17.8 Å². The van der Waals surface area contributed by atoms with Crippen molar-refractivity contribution in [1.29, 1.82) is 0 Å². The number of hydrogen-bond donors (Lipinski definition) is 0. The standard InChI is InChI=1S/C30H26.2ClH.Zr/c1-2-11-28(29-24-16-7-3-12-20(24)21-13-4-8-17-25(21)29)30-26-18-9-5-14-22(26)23-15-6-10-19-27(23)30;;;/h3-10,12-19,28-30H,2,11H2,1H3;2*1H;/q;;;+2/p-2. The van der Waals surface area contributed by atoms with E-state index >= 15 is 0 Å². The van der Waals surface area contributed by atoms with E-state index in [-0.39, 0.29) is 51.0 Å². The maximum absolute atomic E-state index is 2.37. The molecule has 0 atom stereocenters. The fraction of sp³-hybridized carbons (Fsp3) is 0.200. The van der Waals surface area contributed by atoms with E-state index in [4.69, 9.17) is 0 Å². The molecule has 0 spiro atoms. The van der Waals surface area contributed by atoms with Gasteiger partial charge in [0, 0.05) is 11.8 Å². The van der Waals surface area contributed by atoms with Crippen molar-refractivity contribution in [3.8, 4) is 22.3 Å². The Morgan fingerprint density at radius 3 is 1.06 bits per heavy atom. The Balaban J connectivity index is 0.00000102. The van der Waals surface area contributed by atoms with E-state index in [0.717, 1.165) is 0 Å². The first kappa shape index (κ1) is 26.0. The zero-order valence-electron chi connectivity index (χ0n) is 18.6. The number of benzene rings is 4. The first-order valence-electron chi connectivity index (χ1n) is 11.2. The summed E-state index contributed by atoms with van der Waals surface area (Å²) < 4.78 is 0. The molecule has 0 amide bonds. The van der Waals surface area contributed by atoms with E-state index in [1.165, 1.54) is 57.3 Å². The van der Waals surface area contributed by atoms with Gasteiger partial charge in [-0.05, 0) is 56.8 Å². The molecule has 0 bridgehead atoms. The summed E-state index contributed by atoms with van der Waals surface area (Å²) in [6.45, 7) is 2.34. The van der Waals surface area contributed by atoms with Gasteiger partial charge in [0.1, 0.15) is 0 Å². The van der Waals surface area contributed by atoms with Gasteiger partial charge in [0.05, 0.1) is 0 Å². The molecule has 2 aliphatic rings. The molecule has 0 aromatic heterocycles. The molecule has 2 aliphatic carbocycles. The normalized spacial score (nSPS) is 13.2. The van der Waals surface area contributed by atoms with Gasteiger partial charge in [-0.1, -0.05) is 110 Å². The molecule has 0 heterocycles. The van der Waals surface area contributed by atoms with Gasteiger partial charge in [-0.2, -0.15) is 0 Å². The van der Waals surface area contributed by atoms with Crippen molar-refractivity contribution in [1.82, 2.24) is 0 Å². The monoisotopic (exact) mass is 546 g/mol. The first-order chi connectivity index (χ1) is 14.9. The van der Waals surface area contributed by atoms with Crippen molar-refractivity contribution in [3.05, 3.63) is 119 Å². The molecule has 164 valence electrons. The number of rotatable bonds is 4. The Bertz CT molecular complexity index is 1060. The van der Waals surface area contributed by atoms with E-state index in [2.05, 4.69) is 104 Å². The molecule has 0 nitrogen and oxygen atoms in total. The Morgan fingerprint density at radius 2 is 0.788 bits per heavy atom. The molecule has 0 N–H and O–H groups in total. The smallest absolute Gasteiger partial charge is 1.00 e. The maximum atomic E-state index is 2.37. The van der Waals surface area contributed by atoms with Crippen LogP contribution in [0.2, 0.25) is 0 Å². The molecule has 0 radical (unpaired) electrons. The number of halogens is 2. The van der Waals surface area contributed by atoms with Crippen LogP contribution in [0.15, 0.2) is 97.1 Å². The molecule has 33 heavy (non-hydrogen) atoms. The second-order valence-corrected chi connectivity index (χ2v) is 8.76. The fourth-order valence-corrected chi connectivity index (χ4v) is 6.17. The van der Waals surface area contributed by atoms with Crippen LogP contribution >= 0.6 is 0 Å². The van der Waals surface area contributed by atoms with Crippen molar-refractivity contribution in [2.24, 2.45) is 5.92 Å². The SMILES string of the molecule is CCCC(C1c2ccccc2-c2ccccc21)C1c2ccccc2-c2ccccc21.[Cl-].[Cl-].[Zr+2]. The van der Waals surface area contributed by atoms with Gasteiger partial charge in [0.2, 0.25) is 0 Å². The minimum Gasteiger partial charge on any atom is -1.00 e. The third-order valence-electron chi connectivity index (χ3n) is 7.24. The van der Waals surface area contributed by atoms with Crippen LogP contribution in [0.5, 0.6) is 0 Å². The zero-order chi connectivity index (χ0) is 20.1. The summed E-state index contributed by atoms with van der Waals surface area (Å²) in [5.41, 5.74) is 11.8. The molecule has 0 aliphatic heterocycles. The van der Waals surface area contributed by atoms with Gasteiger partial charge in [0.25, 0.3) is 0 Å². The van der Waals surface area contributed by atoms with Crippen molar-refractivity contribution >= 4 is 0 Å². The third-order valence-corrected chi connectivity index (χ3v) is 7.24. The Labute approximate surface area is 228 Å². The minimum absolute atomic E-state index is 0. The predicted molar refractivity (Wildman–Crippen MR) is 126 cm³/mol. The Hall–Kier alpha value is -1.66. The van der Waals surface area contributed by atoms with Gasteiger partial charge in [-0.25, -0.2) is 0 Å². The van der Waals surface area contributed by atoms with Gasteiger partial charge in [-0.3, -0.25) is 0 Å². The summed E-state index contributed by atoms with van der Waals surface area (Å²) in [4.78, 5) is 0. The predicted octanol–water partition coefficient (Wildman–Crippen LogP) is 2.03. The van der Waals surface area contributed by atoms with Crippen LogP contribution < -0.4 is 24.8 Å².